The molecule has 0 aromatic carbocycles. The molecule has 3 aliphatic rings. The zero-order valence-corrected chi connectivity index (χ0v) is 13.4. The average Bonchev–Trinajstić information content (AvgIpc) is 2.99. The number of aliphatic hydroxyl groups is 2. The van der Waals surface area contributed by atoms with Crippen LogP contribution in [0.3, 0.4) is 0 Å². The Hall–Kier alpha value is -0.710. The molecule has 3 fully saturated rings. The zero-order valence-electron chi connectivity index (χ0n) is 13.4. The SMILES string of the molecule is CO[C@]12CC[C@@H](O)[C@H](C=C[C@@H](O)CC3CCCC3)[C@H]1CC2=O. The molecule has 2 N–H and O–H groups in total. The monoisotopic (exact) mass is 308 g/mol. The number of rotatable bonds is 5. The molecule has 4 heteroatoms. The van der Waals surface area contributed by atoms with Gasteiger partial charge < -0.3 is 14.9 Å². The van der Waals surface area contributed by atoms with Crippen LogP contribution in [0.2, 0.25) is 0 Å². The lowest BCUT2D eigenvalue weighted by Gasteiger charge is -2.54. The van der Waals surface area contributed by atoms with Gasteiger partial charge in [-0.05, 0) is 25.2 Å². The van der Waals surface area contributed by atoms with Crippen molar-refractivity contribution in [2.45, 2.75) is 69.2 Å². The molecule has 3 saturated carbocycles. The van der Waals surface area contributed by atoms with E-state index in [1.54, 1.807) is 7.11 Å². The van der Waals surface area contributed by atoms with E-state index < -0.39 is 17.8 Å². The number of hydrogen-bond acceptors (Lipinski definition) is 4. The standard InChI is InChI=1S/C18H28O4/c1-22-18-9-8-16(20)14(15(18)11-17(18)21)7-6-13(19)10-12-4-2-3-5-12/h6-7,12-16,19-20H,2-5,8-11H2,1H3/t13-,14-,15-,16-,18-/m1/s1. The average molecular weight is 308 g/mol. The molecular weight excluding hydrogens is 280 g/mol. The lowest BCUT2D eigenvalue weighted by Crippen LogP contribution is -2.64. The highest BCUT2D eigenvalue weighted by atomic mass is 16.5. The molecule has 0 unspecified atom stereocenters. The number of ether oxygens (including phenoxy) is 1. The maximum Gasteiger partial charge on any atom is 0.165 e. The van der Waals surface area contributed by atoms with Gasteiger partial charge in [0.25, 0.3) is 0 Å². The highest BCUT2D eigenvalue weighted by Crippen LogP contribution is 2.51. The zero-order chi connectivity index (χ0) is 15.7. The van der Waals surface area contributed by atoms with Crippen molar-refractivity contribution in [3.05, 3.63) is 12.2 Å². The van der Waals surface area contributed by atoms with Crippen molar-refractivity contribution in [1.29, 1.82) is 0 Å². The Morgan fingerprint density at radius 3 is 2.73 bits per heavy atom. The minimum atomic E-state index is -0.676. The third kappa shape index (κ3) is 2.77. The highest BCUT2D eigenvalue weighted by molar-refractivity contribution is 5.94. The van der Waals surface area contributed by atoms with E-state index in [1.165, 1.54) is 25.7 Å². The van der Waals surface area contributed by atoms with Crippen molar-refractivity contribution in [3.8, 4) is 0 Å². The topological polar surface area (TPSA) is 66.8 Å². The molecule has 4 nitrogen and oxygen atoms in total. The molecule has 0 amide bonds. The van der Waals surface area contributed by atoms with Gasteiger partial charge in [0, 0.05) is 25.4 Å². The number of methoxy groups -OCH3 is 1. The van der Waals surface area contributed by atoms with Gasteiger partial charge >= 0.3 is 0 Å². The van der Waals surface area contributed by atoms with E-state index in [9.17, 15) is 15.0 Å². The Balaban J connectivity index is 1.62. The third-order valence-corrected chi connectivity index (χ3v) is 6.17. The summed E-state index contributed by atoms with van der Waals surface area (Å²) in [6.45, 7) is 0. The molecule has 0 spiro atoms. The molecular formula is C18H28O4. The van der Waals surface area contributed by atoms with Crippen molar-refractivity contribution in [2.75, 3.05) is 7.11 Å². The number of hydrogen-bond donors (Lipinski definition) is 2. The summed E-state index contributed by atoms with van der Waals surface area (Å²) < 4.78 is 5.53. The second-order valence-electron chi connectivity index (χ2n) is 7.35. The molecule has 3 rings (SSSR count). The molecule has 22 heavy (non-hydrogen) atoms. The van der Waals surface area contributed by atoms with E-state index in [0.29, 0.717) is 25.2 Å². The van der Waals surface area contributed by atoms with E-state index in [4.69, 9.17) is 4.74 Å². The molecule has 0 saturated heterocycles. The van der Waals surface area contributed by atoms with E-state index in [-0.39, 0.29) is 17.6 Å². The molecule has 0 aromatic rings. The molecule has 124 valence electrons. The highest BCUT2D eigenvalue weighted by Gasteiger charge is 2.60. The fourth-order valence-electron chi connectivity index (χ4n) is 4.76. The lowest BCUT2D eigenvalue weighted by atomic mass is 9.55. The van der Waals surface area contributed by atoms with Crippen molar-refractivity contribution in [1.82, 2.24) is 0 Å². The minimum absolute atomic E-state index is 0.0590. The van der Waals surface area contributed by atoms with Gasteiger partial charge in [-0.25, -0.2) is 0 Å². The Bertz CT molecular complexity index is 440. The third-order valence-electron chi connectivity index (χ3n) is 6.17. The van der Waals surface area contributed by atoms with Crippen LogP contribution in [0.1, 0.15) is 51.4 Å². The summed E-state index contributed by atoms with van der Waals surface area (Å²) in [5, 5.41) is 20.5. The van der Waals surface area contributed by atoms with E-state index in [2.05, 4.69) is 0 Å². The number of carbonyl (C=O) groups is 1. The van der Waals surface area contributed by atoms with Crippen molar-refractivity contribution in [3.63, 3.8) is 0 Å². The summed E-state index contributed by atoms with van der Waals surface area (Å²) in [4.78, 5) is 12.0. The van der Waals surface area contributed by atoms with Gasteiger partial charge in [-0.1, -0.05) is 37.8 Å². The van der Waals surface area contributed by atoms with Crippen LogP contribution >= 0.6 is 0 Å². The first kappa shape index (κ1) is 16.2. The van der Waals surface area contributed by atoms with E-state index >= 15 is 0 Å². The molecule has 0 bridgehead atoms. The minimum Gasteiger partial charge on any atom is -0.393 e. The second-order valence-corrected chi connectivity index (χ2v) is 7.35. The van der Waals surface area contributed by atoms with Gasteiger partial charge in [0.15, 0.2) is 5.78 Å². The van der Waals surface area contributed by atoms with Crippen molar-refractivity contribution in [2.24, 2.45) is 17.8 Å². The van der Waals surface area contributed by atoms with Gasteiger partial charge in [0.1, 0.15) is 5.60 Å². The maximum atomic E-state index is 12.0. The molecule has 0 heterocycles. The summed E-state index contributed by atoms with van der Waals surface area (Å²) >= 11 is 0. The van der Waals surface area contributed by atoms with Crippen LogP contribution in [0.5, 0.6) is 0 Å². The smallest absolute Gasteiger partial charge is 0.165 e. The van der Waals surface area contributed by atoms with Crippen LogP contribution in [0.15, 0.2) is 12.2 Å². The number of Topliss-reactive ketones (excluding diaryl/α,β-unsaturated/α-hetero) is 1. The quantitative estimate of drug-likeness (QED) is 0.764. The molecule has 0 radical (unpaired) electrons. The van der Waals surface area contributed by atoms with Gasteiger partial charge in [0.2, 0.25) is 0 Å². The molecule has 3 aliphatic carbocycles. The Morgan fingerprint density at radius 1 is 1.36 bits per heavy atom. The van der Waals surface area contributed by atoms with Crippen molar-refractivity contribution >= 4 is 5.78 Å². The lowest BCUT2D eigenvalue weighted by molar-refractivity contribution is -0.191. The fourth-order valence-corrected chi connectivity index (χ4v) is 4.76. The van der Waals surface area contributed by atoms with Crippen LogP contribution in [-0.2, 0) is 9.53 Å². The van der Waals surface area contributed by atoms with Crippen LogP contribution < -0.4 is 0 Å². The van der Waals surface area contributed by atoms with E-state index in [0.717, 1.165) is 6.42 Å². The van der Waals surface area contributed by atoms with Crippen LogP contribution in [0.25, 0.3) is 0 Å². The Labute approximate surface area is 132 Å². The van der Waals surface area contributed by atoms with Crippen LogP contribution in [0.4, 0.5) is 0 Å². The first-order valence-electron chi connectivity index (χ1n) is 8.69. The predicted molar refractivity (Wildman–Crippen MR) is 83.3 cm³/mol. The van der Waals surface area contributed by atoms with Crippen LogP contribution in [-0.4, -0.2) is 40.9 Å². The Kier molecular flexibility index (Phi) is 4.72. The fraction of sp³-hybridized carbons (Fsp3) is 0.833. The molecule has 0 aromatic heterocycles. The summed E-state index contributed by atoms with van der Waals surface area (Å²) in [6, 6.07) is 0. The number of aliphatic hydroxyl groups excluding tert-OH is 2. The Morgan fingerprint density at radius 2 is 2.09 bits per heavy atom. The first-order chi connectivity index (χ1) is 10.6. The van der Waals surface area contributed by atoms with Gasteiger partial charge in [-0.2, -0.15) is 0 Å². The van der Waals surface area contributed by atoms with Crippen molar-refractivity contribution < 1.29 is 19.7 Å². The predicted octanol–water partition coefficient (Wildman–Crippen LogP) is 2.23. The number of ketones is 1. The maximum absolute atomic E-state index is 12.0. The normalized spacial score (nSPS) is 40.7. The number of carbonyl (C=O) groups excluding carboxylic acids is 1. The largest absolute Gasteiger partial charge is 0.393 e. The van der Waals surface area contributed by atoms with Crippen LogP contribution in [0, 0.1) is 17.8 Å². The first-order valence-corrected chi connectivity index (χ1v) is 8.69. The second kappa shape index (κ2) is 6.42. The van der Waals surface area contributed by atoms with Gasteiger partial charge in [-0.15, -0.1) is 0 Å². The summed E-state index contributed by atoms with van der Waals surface area (Å²) in [7, 11) is 1.59. The van der Waals surface area contributed by atoms with Gasteiger partial charge in [0.05, 0.1) is 12.2 Å². The molecule has 0 aliphatic heterocycles. The molecule has 5 atom stereocenters. The number of fused-ring (bicyclic) bond motifs is 1. The van der Waals surface area contributed by atoms with Gasteiger partial charge in [-0.3, -0.25) is 4.79 Å². The summed E-state index contributed by atoms with van der Waals surface area (Å²) in [5.41, 5.74) is -0.676. The van der Waals surface area contributed by atoms with E-state index in [1.807, 2.05) is 12.2 Å². The summed E-state index contributed by atoms with van der Waals surface area (Å²) in [6.07, 6.45) is 10.4. The summed E-state index contributed by atoms with van der Waals surface area (Å²) in [5.74, 6) is 0.782.